The number of nitrogens with one attached hydrogen (secondary N) is 2. The largest absolute Gasteiger partial charge is 0.381 e. The molecule has 0 spiro atoms. The molecule has 2 N–H and O–H groups in total. The molecule has 0 aliphatic carbocycles. The predicted octanol–water partition coefficient (Wildman–Crippen LogP) is 3.72. The molecule has 1 heterocycles. The number of rotatable bonds is 3. The summed E-state index contributed by atoms with van der Waals surface area (Å²) in [6.07, 6.45) is 2.11. The third-order valence-electron chi connectivity index (χ3n) is 3.17. The normalized spacial score (nSPS) is 17.8. The maximum atomic E-state index is 13.2. The van der Waals surface area contributed by atoms with Crippen molar-refractivity contribution >= 4 is 21.6 Å². The van der Waals surface area contributed by atoms with Gasteiger partial charge in [-0.25, -0.2) is 8.78 Å². The molecule has 0 aromatic heterocycles. The zero-order valence-electron chi connectivity index (χ0n) is 10.3. The van der Waals surface area contributed by atoms with Crippen LogP contribution < -0.4 is 10.6 Å². The zero-order chi connectivity index (χ0) is 13.2. The quantitative estimate of drug-likeness (QED) is 0.887. The van der Waals surface area contributed by atoms with Gasteiger partial charge >= 0.3 is 0 Å². The average molecular weight is 319 g/mol. The number of hydrogen-bond donors (Lipinski definition) is 2. The maximum Gasteiger partial charge on any atom is 0.270 e. The zero-order valence-corrected chi connectivity index (χ0v) is 11.9. The predicted molar refractivity (Wildman–Crippen MR) is 73.2 cm³/mol. The molecule has 2 nitrogen and oxygen atoms in total. The SMILES string of the molecule is CC(F)(F)c1ccc(NC2CCNCC2)c(Br)c1. The minimum Gasteiger partial charge on any atom is -0.381 e. The van der Waals surface area contributed by atoms with E-state index in [9.17, 15) is 8.78 Å². The number of hydrogen-bond acceptors (Lipinski definition) is 2. The summed E-state index contributed by atoms with van der Waals surface area (Å²) in [6, 6.07) is 5.10. The highest BCUT2D eigenvalue weighted by atomic mass is 79.9. The van der Waals surface area contributed by atoms with Gasteiger partial charge in [-0.15, -0.1) is 0 Å². The van der Waals surface area contributed by atoms with Gasteiger partial charge in [-0.2, -0.15) is 0 Å². The monoisotopic (exact) mass is 318 g/mol. The Kier molecular flexibility index (Phi) is 4.22. The first-order chi connectivity index (χ1) is 8.47. The molecule has 100 valence electrons. The van der Waals surface area contributed by atoms with Crippen LogP contribution in [-0.4, -0.2) is 19.1 Å². The highest BCUT2D eigenvalue weighted by molar-refractivity contribution is 9.10. The highest BCUT2D eigenvalue weighted by Gasteiger charge is 2.25. The molecule has 1 fully saturated rings. The fourth-order valence-electron chi connectivity index (χ4n) is 2.09. The second-order valence-corrected chi connectivity index (χ2v) is 5.61. The fraction of sp³-hybridized carbons (Fsp3) is 0.538. The summed E-state index contributed by atoms with van der Waals surface area (Å²) in [5.41, 5.74) is 0.917. The van der Waals surface area contributed by atoms with Gasteiger partial charge in [0.05, 0.1) is 0 Å². The molecule has 0 unspecified atom stereocenters. The second-order valence-electron chi connectivity index (χ2n) is 4.75. The summed E-state index contributed by atoms with van der Waals surface area (Å²) in [5.74, 6) is -2.80. The topological polar surface area (TPSA) is 24.1 Å². The molecule has 0 amide bonds. The summed E-state index contributed by atoms with van der Waals surface area (Å²) in [4.78, 5) is 0. The van der Waals surface area contributed by atoms with Crippen LogP contribution in [0.4, 0.5) is 14.5 Å². The summed E-state index contributed by atoms with van der Waals surface area (Å²) in [6.45, 7) is 2.91. The number of alkyl halides is 2. The fourth-order valence-corrected chi connectivity index (χ4v) is 2.58. The van der Waals surface area contributed by atoms with Gasteiger partial charge in [0.25, 0.3) is 5.92 Å². The van der Waals surface area contributed by atoms with Crippen molar-refractivity contribution in [3.05, 3.63) is 28.2 Å². The summed E-state index contributed by atoms with van der Waals surface area (Å²) < 4.78 is 27.0. The van der Waals surface area contributed by atoms with E-state index in [0.717, 1.165) is 38.5 Å². The Morgan fingerprint density at radius 2 is 2.00 bits per heavy atom. The van der Waals surface area contributed by atoms with E-state index in [-0.39, 0.29) is 5.56 Å². The molecule has 0 bridgehead atoms. The van der Waals surface area contributed by atoms with Gasteiger partial charge in [-0.1, -0.05) is 6.07 Å². The van der Waals surface area contributed by atoms with E-state index in [2.05, 4.69) is 26.6 Å². The Hall–Kier alpha value is -0.680. The molecule has 5 heteroatoms. The van der Waals surface area contributed by atoms with E-state index in [0.29, 0.717) is 10.5 Å². The van der Waals surface area contributed by atoms with E-state index < -0.39 is 5.92 Å². The first-order valence-electron chi connectivity index (χ1n) is 6.12. The van der Waals surface area contributed by atoms with Crippen molar-refractivity contribution in [2.75, 3.05) is 18.4 Å². The lowest BCUT2D eigenvalue weighted by atomic mass is 10.1. The standard InChI is InChI=1S/C13H17BrF2N2/c1-13(15,16)9-2-3-12(11(14)8-9)18-10-4-6-17-7-5-10/h2-3,8,10,17-18H,4-7H2,1H3. The van der Waals surface area contributed by atoms with E-state index in [1.165, 1.54) is 12.1 Å². The average Bonchev–Trinajstić information content (AvgIpc) is 2.32. The van der Waals surface area contributed by atoms with Crippen LogP contribution in [-0.2, 0) is 5.92 Å². The minimum absolute atomic E-state index is 0.0326. The Balaban J connectivity index is 2.09. The number of benzene rings is 1. The van der Waals surface area contributed by atoms with Gasteiger partial charge in [-0.05, 0) is 54.0 Å². The Morgan fingerprint density at radius 1 is 1.33 bits per heavy atom. The van der Waals surface area contributed by atoms with Gasteiger partial charge in [0.2, 0.25) is 0 Å². The van der Waals surface area contributed by atoms with Crippen molar-refractivity contribution < 1.29 is 8.78 Å². The Bertz CT molecular complexity index is 412. The maximum absolute atomic E-state index is 13.2. The third kappa shape index (κ3) is 3.42. The Morgan fingerprint density at radius 3 is 2.56 bits per heavy atom. The van der Waals surface area contributed by atoms with Crippen LogP contribution in [0.5, 0.6) is 0 Å². The molecule has 18 heavy (non-hydrogen) atoms. The van der Waals surface area contributed by atoms with E-state index >= 15 is 0 Å². The first kappa shape index (κ1) is 13.7. The van der Waals surface area contributed by atoms with Gasteiger partial charge in [0.1, 0.15) is 0 Å². The first-order valence-corrected chi connectivity index (χ1v) is 6.91. The lowest BCUT2D eigenvalue weighted by Crippen LogP contribution is -2.35. The summed E-state index contributed by atoms with van der Waals surface area (Å²) >= 11 is 3.35. The van der Waals surface area contributed by atoms with E-state index in [1.54, 1.807) is 6.07 Å². The van der Waals surface area contributed by atoms with Crippen molar-refractivity contribution in [3.8, 4) is 0 Å². The lowest BCUT2D eigenvalue weighted by Gasteiger charge is -2.25. The molecular weight excluding hydrogens is 302 g/mol. The van der Waals surface area contributed by atoms with Gasteiger partial charge < -0.3 is 10.6 Å². The molecule has 1 aromatic carbocycles. The van der Waals surface area contributed by atoms with E-state index in [4.69, 9.17) is 0 Å². The van der Waals surface area contributed by atoms with Gasteiger partial charge in [-0.3, -0.25) is 0 Å². The molecule has 0 atom stereocenters. The molecule has 1 aliphatic heterocycles. The minimum atomic E-state index is -2.80. The van der Waals surface area contributed by atoms with Gasteiger partial charge in [0, 0.05) is 28.7 Å². The molecule has 0 saturated carbocycles. The van der Waals surface area contributed by atoms with Crippen LogP contribution in [0, 0.1) is 0 Å². The van der Waals surface area contributed by atoms with Crippen LogP contribution in [0.25, 0.3) is 0 Å². The van der Waals surface area contributed by atoms with E-state index in [1.807, 2.05) is 0 Å². The van der Waals surface area contributed by atoms with Crippen LogP contribution >= 0.6 is 15.9 Å². The molecular formula is C13H17BrF2N2. The lowest BCUT2D eigenvalue weighted by molar-refractivity contribution is 0.0174. The van der Waals surface area contributed by atoms with Crippen molar-refractivity contribution in [3.63, 3.8) is 0 Å². The van der Waals surface area contributed by atoms with Crippen molar-refractivity contribution in [1.29, 1.82) is 0 Å². The van der Waals surface area contributed by atoms with Crippen LogP contribution in [0.1, 0.15) is 25.3 Å². The van der Waals surface area contributed by atoms with Crippen LogP contribution in [0.3, 0.4) is 0 Å². The summed E-state index contributed by atoms with van der Waals surface area (Å²) in [5, 5.41) is 6.69. The van der Waals surface area contributed by atoms with Crippen molar-refractivity contribution in [2.24, 2.45) is 0 Å². The number of anilines is 1. The Labute approximate surface area is 114 Å². The van der Waals surface area contributed by atoms with Crippen LogP contribution in [0.2, 0.25) is 0 Å². The third-order valence-corrected chi connectivity index (χ3v) is 3.83. The smallest absolute Gasteiger partial charge is 0.270 e. The number of piperidine rings is 1. The summed E-state index contributed by atoms with van der Waals surface area (Å²) in [7, 11) is 0. The highest BCUT2D eigenvalue weighted by Crippen LogP contribution is 2.33. The van der Waals surface area contributed by atoms with Crippen LogP contribution in [0.15, 0.2) is 22.7 Å². The molecule has 1 aromatic rings. The van der Waals surface area contributed by atoms with Gasteiger partial charge in [0.15, 0.2) is 0 Å². The van der Waals surface area contributed by atoms with Crippen molar-refractivity contribution in [1.82, 2.24) is 5.32 Å². The molecule has 1 aliphatic rings. The molecule has 2 rings (SSSR count). The van der Waals surface area contributed by atoms with Crippen molar-refractivity contribution in [2.45, 2.75) is 31.7 Å². The molecule has 1 saturated heterocycles. The number of halogens is 3. The molecule has 0 radical (unpaired) electrons. The second kappa shape index (κ2) is 5.53.